The van der Waals surface area contributed by atoms with E-state index in [-0.39, 0.29) is 12.0 Å². The minimum atomic E-state index is -0.230. The average Bonchev–Trinajstić information content (AvgIpc) is 3.14. The lowest BCUT2D eigenvalue weighted by Crippen LogP contribution is -2.28. The van der Waals surface area contributed by atoms with E-state index in [1.165, 1.54) is 4.88 Å². The summed E-state index contributed by atoms with van der Waals surface area (Å²) < 4.78 is 11.0. The van der Waals surface area contributed by atoms with Crippen LogP contribution in [0.15, 0.2) is 46.9 Å². The smallest absolute Gasteiger partial charge is 0.287 e. The molecule has 4 nitrogen and oxygen atoms in total. The molecular weight excluding hydrogens is 298 g/mol. The van der Waals surface area contributed by atoms with Crippen molar-refractivity contribution in [2.45, 2.75) is 13.0 Å². The number of rotatable bonds is 5. The molecule has 0 fully saturated rings. The number of hydrogen-bond donors (Lipinski definition) is 1. The standard InChI is InChI=1S/C17H17NO3S/c1-11-7-8-16(22-11)15(20-2)10-18-17(19)14-9-12-5-3-4-6-13(12)21-14/h3-9,15H,10H2,1-2H3,(H,18,19)/t15-/m0/s1. The monoisotopic (exact) mass is 315 g/mol. The molecule has 114 valence electrons. The van der Waals surface area contributed by atoms with Crippen molar-refractivity contribution >= 4 is 28.2 Å². The SMILES string of the molecule is CO[C@@H](CNC(=O)c1cc2ccccc2o1)c1ccc(C)s1. The lowest BCUT2D eigenvalue weighted by atomic mass is 10.2. The van der Waals surface area contributed by atoms with Crippen LogP contribution in [0, 0.1) is 6.92 Å². The summed E-state index contributed by atoms with van der Waals surface area (Å²) >= 11 is 1.67. The van der Waals surface area contributed by atoms with Crippen LogP contribution in [0.4, 0.5) is 0 Å². The van der Waals surface area contributed by atoms with Gasteiger partial charge in [0.05, 0.1) is 0 Å². The molecule has 5 heteroatoms. The van der Waals surface area contributed by atoms with Crippen LogP contribution in [-0.4, -0.2) is 19.6 Å². The van der Waals surface area contributed by atoms with E-state index < -0.39 is 0 Å². The van der Waals surface area contributed by atoms with E-state index in [1.807, 2.05) is 43.3 Å². The summed E-state index contributed by atoms with van der Waals surface area (Å²) in [7, 11) is 1.65. The predicted octanol–water partition coefficient (Wildman–Crippen LogP) is 3.92. The second-order valence-electron chi connectivity index (χ2n) is 5.03. The second kappa shape index (κ2) is 6.34. The van der Waals surface area contributed by atoms with Crippen LogP contribution in [0.5, 0.6) is 0 Å². The molecule has 0 aliphatic rings. The Morgan fingerprint density at radius 2 is 2.14 bits per heavy atom. The normalized spacial score (nSPS) is 12.5. The number of hydrogen-bond acceptors (Lipinski definition) is 4. The first-order chi connectivity index (χ1) is 10.7. The van der Waals surface area contributed by atoms with E-state index in [2.05, 4.69) is 5.32 Å². The Labute approximate surface area is 132 Å². The minimum absolute atomic E-state index is 0.146. The highest BCUT2D eigenvalue weighted by Crippen LogP contribution is 2.25. The molecule has 2 heterocycles. The van der Waals surface area contributed by atoms with E-state index in [0.717, 1.165) is 10.3 Å². The summed E-state index contributed by atoms with van der Waals surface area (Å²) in [4.78, 5) is 14.5. The molecule has 3 aromatic rings. The van der Waals surface area contributed by atoms with Gasteiger partial charge >= 0.3 is 0 Å². The molecule has 0 bridgehead atoms. The van der Waals surface area contributed by atoms with Gasteiger partial charge in [0, 0.05) is 28.8 Å². The molecule has 0 aliphatic carbocycles. The number of aryl methyl sites for hydroxylation is 1. The molecule has 0 spiro atoms. The fraction of sp³-hybridized carbons (Fsp3) is 0.235. The highest BCUT2D eigenvalue weighted by molar-refractivity contribution is 7.12. The van der Waals surface area contributed by atoms with Gasteiger partial charge in [-0.25, -0.2) is 0 Å². The molecule has 1 N–H and O–H groups in total. The number of carbonyl (C=O) groups excluding carboxylic acids is 1. The molecule has 0 saturated carbocycles. The zero-order valence-corrected chi connectivity index (χ0v) is 13.3. The lowest BCUT2D eigenvalue weighted by molar-refractivity contribution is 0.0818. The third kappa shape index (κ3) is 3.05. The van der Waals surface area contributed by atoms with E-state index in [4.69, 9.17) is 9.15 Å². The first-order valence-corrected chi connectivity index (χ1v) is 7.85. The molecule has 1 amide bonds. The first-order valence-electron chi connectivity index (χ1n) is 7.03. The molecule has 0 radical (unpaired) electrons. The van der Waals surface area contributed by atoms with Crippen molar-refractivity contribution in [3.8, 4) is 0 Å². The Morgan fingerprint density at radius 1 is 1.32 bits per heavy atom. The summed E-state index contributed by atoms with van der Waals surface area (Å²) in [5, 5.41) is 3.79. The quantitative estimate of drug-likeness (QED) is 0.776. The Bertz CT molecular complexity index is 757. The number of methoxy groups -OCH3 is 1. The summed E-state index contributed by atoms with van der Waals surface area (Å²) in [6.45, 7) is 2.46. The summed E-state index contributed by atoms with van der Waals surface area (Å²) in [5.74, 6) is 0.0879. The molecule has 0 unspecified atom stereocenters. The fourth-order valence-electron chi connectivity index (χ4n) is 2.29. The minimum Gasteiger partial charge on any atom is -0.451 e. The third-order valence-corrected chi connectivity index (χ3v) is 4.55. The van der Waals surface area contributed by atoms with Gasteiger partial charge in [-0.3, -0.25) is 4.79 Å². The molecule has 1 aromatic carbocycles. The number of furan rings is 1. The molecule has 3 rings (SSSR count). The maximum absolute atomic E-state index is 12.2. The number of ether oxygens (including phenoxy) is 1. The largest absolute Gasteiger partial charge is 0.451 e. The molecule has 0 saturated heterocycles. The average molecular weight is 315 g/mol. The maximum Gasteiger partial charge on any atom is 0.287 e. The van der Waals surface area contributed by atoms with Crippen LogP contribution in [0.2, 0.25) is 0 Å². The summed E-state index contributed by atoms with van der Waals surface area (Å²) in [6.07, 6.45) is -0.146. The van der Waals surface area contributed by atoms with Gasteiger partial charge in [0.1, 0.15) is 11.7 Å². The number of para-hydroxylation sites is 1. The Balaban J connectivity index is 1.68. The van der Waals surface area contributed by atoms with Crippen molar-refractivity contribution in [1.29, 1.82) is 0 Å². The van der Waals surface area contributed by atoms with Gasteiger partial charge in [-0.2, -0.15) is 0 Å². The number of amides is 1. The van der Waals surface area contributed by atoms with Crippen LogP contribution >= 0.6 is 11.3 Å². The second-order valence-corrected chi connectivity index (χ2v) is 6.35. The number of fused-ring (bicyclic) bond motifs is 1. The summed E-state index contributed by atoms with van der Waals surface area (Å²) in [5.41, 5.74) is 0.713. The van der Waals surface area contributed by atoms with Gasteiger partial charge in [-0.05, 0) is 31.2 Å². The van der Waals surface area contributed by atoms with Gasteiger partial charge in [0.15, 0.2) is 5.76 Å². The van der Waals surface area contributed by atoms with Gasteiger partial charge < -0.3 is 14.5 Å². The van der Waals surface area contributed by atoms with E-state index in [9.17, 15) is 4.79 Å². The van der Waals surface area contributed by atoms with Gasteiger partial charge in [0.2, 0.25) is 0 Å². The van der Waals surface area contributed by atoms with Crippen LogP contribution in [0.25, 0.3) is 11.0 Å². The van der Waals surface area contributed by atoms with Crippen molar-refractivity contribution in [1.82, 2.24) is 5.32 Å². The highest BCUT2D eigenvalue weighted by Gasteiger charge is 2.16. The van der Waals surface area contributed by atoms with Crippen molar-refractivity contribution < 1.29 is 13.9 Å². The van der Waals surface area contributed by atoms with Crippen molar-refractivity contribution in [3.05, 3.63) is 58.0 Å². The maximum atomic E-state index is 12.2. The van der Waals surface area contributed by atoms with Crippen LogP contribution in [0.3, 0.4) is 0 Å². The van der Waals surface area contributed by atoms with E-state index in [0.29, 0.717) is 17.9 Å². The van der Waals surface area contributed by atoms with Gasteiger partial charge in [0.25, 0.3) is 5.91 Å². The zero-order valence-electron chi connectivity index (χ0n) is 12.5. The lowest BCUT2D eigenvalue weighted by Gasteiger charge is -2.13. The van der Waals surface area contributed by atoms with Crippen LogP contribution < -0.4 is 5.32 Å². The first kappa shape index (κ1) is 14.8. The van der Waals surface area contributed by atoms with Crippen molar-refractivity contribution in [3.63, 3.8) is 0 Å². The van der Waals surface area contributed by atoms with Gasteiger partial charge in [-0.1, -0.05) is 18.2 Å². The van der Waals surface area contributed by atoms with Gasteiger partial charge in [-0.15, -0.1) is 11.3 Å². The number of carbonyl (C=O) groups is 1. The Kier molecular flexibility index (Phi) is 4.27. The number of nitrogens with one attached hydrogen (secondary N) is 1. The molecule has 22 heavy (non-hydrogen) atoms. The highest BCUT2D eigenvalue weighted by atomic mass is 32.1. The Hall–Kier alpha value is -2.11. The fourth-order valence-corrected chi connectivity index (χ4v) is 3.25. The van der Waals surface area contributed by atoms with Crippen LogP contribution in [0.1, 0.15) is 26.4 Å². The molecule has 2 aromatic heterocycles. The molecule has 1 atom stereocenters. The number of thiophene rings is 1. The van der Waals surface area contributed by atoms with Crippen LogP contribution in [-0.2, 0) is 4.74 Å². The molecular formula is C17H17NO3S. The topological polar surface area (TPSA) is 51.5 Å². The predicted molar refractivity (Wildman–Crippen MR) is 87.4 cm³/mol. The van der Waals surface area contributed by atoms with Crippen molar-refractivity contribution in [2.24, 2.45) is 0 Å². The summed E-state index contributed by atoms with van der Waals surface area (Å²) in [6, 6.07) is 13.4. The third-order valence-electron chi connectivity index (χ3n) is 3.46. The van der Waals surface area contributed by atoms with E-state index >= 15 is 0 Å². The number of benzene rings is 1. The molecule has 0 aliphatic heterocycles. The van der Waals surface area contributed by atoms with E-state index in [1.54, 1.807) is 24.5 Å². The van der Waals surface area contributed by atoms with Crippen molar-refractivity contribution in [2.75, 3.05) is 13.7 Å². The zero-order chi connectivity index (χ0) is 15.5. The Morgan fingerprint density at radius 3 is 2.82 bits per heavy atom.